The Balaban J connectivity index is 2.51. The highest BCUT2D eigenvalue weighted by Crippen LogP contribution is 1.90. The number of hydrogen-bond acceptors (Lipinski definition) is 4. The summed E-state index contributed by atoms with van der Waals surface area (Å²) in [7, 11) is 0. The van der Waals surface area contributed by atoms with Gasteiger partial charge in [-0.15, -0.1) is 0 Å². The van der Waals surface area contributed by atoms with Crippen LogP contribution in [0.1, 0.15) is 12.0 Å². The largest absolute Gasteiger partial charge is 0.376 e. The first-order valence-electron chi connectivity index (χ1n) is 4.32. The topological polar surface area (TPSA) is 101 Å². The zero-order valence-corrected chi connectivity index (χ0v) is 7.71. The van der Waals surface area contributed by atoms with Crippen LogP contribution < -0.4 is 17.0 Å². The Morgan fingerprint density at radius 2 is 2.21 bits per heavy atom. The summed E-state index contributed by atoms with van der Waals surface area (Å²) < 4.78 is 5.16. The molecule has 0 radical (unpaired) electrons. The molecule has 6 heteroatoms. The first kappa shape index (κ1) is 10.7. The van der Waals surface area contributed by atoms with Crippen LogP contribution in [-0.2, 0) is 11.3 Å². The summed E-state index contributed by atoms with van der Waals surface area (Å²) in [5.74, 6) is 0. The molecule has 14 heavy (non-hydrogen) atoms. The van der Waals surface area contributed by atoms with Gasteiger partial charge < -0.3 is 15.5 Å². The molecule has 0 fully saturated rings. The molecule has 0 bridgehead atoms. The number of H-pyrrole nitrogens is 2. The second kappa shape index (κ2) is 5.36. The standard InChI is InChI=1S/C8H13N3O3/c9-2-1-3-14-5-6-4-10-8(13)11-7(6)12/h4H,1-3,5,9H2,(H2,10,11,12,13). The molecule has 1 aromatic rings. The van der Waals surface area contributed by atoms with Gasteiger partial charge in [0.15, 0.2) is 0 Å². The number of nitrogens with two attached hydrogens (primary N) is 1. The highest BCUT2D eigenvalue weighted by atomic mass is 16.5. The van der Waals surface area contributed by atoms with Gasteiger partial charge in [-0.2, -0.15) is 0 Å². The monoisotopic (exact) mass is 199 g/mol. The average molecular weight is 199 g/mol. The Morgan fingerprint density at radius 1 is 1.43 bits per heavy atom. The van der Waals surface area contributed by atoms with Gasteiger partial charge in [-0.05, 0) is 13.0 Å². The predicted octanol–water partition coefficient (Wildman–Crippen LogP) is -1.07. The van der Waals surface area contributed by atoms with Crippen LogP contribution in [-0.4, -0.2) is 23.1 Å². The van der Waals surface area contributed by atoms with Crippen molar-refractivity contribution < 1.29 is 4.74 Å². The molecule has 4 N–H and O–H groups in total. The minimum absolute atomic E-state index is 0.187. The van der Waals surface area contributed by atoms with Gasteiger partial charge in [-0.25, -0.2) is 4.79 Å². The van der Waals surface area contributed by atoms with Crippen LogP contribution in [0.2, 0.25) is 0 Å². The quantitative estimate of drug-likeness (QED) is 0.525. The van der Waals surface area contributed by atoms with E-state index in [2.05, 4.69) is 9.97 Å². The van der Waals surface area contributed by atoms with Gasteiger partial charge in [0.05, 0.1) is 12.2 Å². The summed E-state index contributed by atoms with van der Waals surface area (Å²) in [5.41, 5.74) is 4.74. The van der Waals surface area contributed by atoms with Gasteiger partial charge >= 0.3 is 5.69 Å². The molecule has 78 valence electrons. The van der Waals surface area contributed by atoms with Crippen molar-refractivity contribution in [3.05, 3.63) is 32.6 Å². The second-order valence-corrected chi connectivity index (χ2v) is 2.79. The van der Waals surface area contributed by atoms with Crippen molar-refractivity contribution >= 4 is 0 Å². The normalized spacial score (nSPS) is 10.4. The lowest BCUT2D eigenvalue weighted by Crippen LogP contribution is -2.25. The van der Waals surface area contributed by atoms with E-state index in [1.807, 2.05) is 0 Å². The summed E-state index contributed by atoms with van der Waals surface area (Å²) in [6, 6.07) is 0. The smallest absolute Gasteiger partial charge is 0.325 e. The molecule has 0 amide bonds. The molecule has 0 saturated carbocycles. The van der Waals surface area contributed by atoms with Gasteiger partial charge in [0.25, 0.3) is 5.56 Å². The molecule has 1 heterocycles. The summed E-state index contributed by atoms with van der Waals surface area (Å²) in [5, 5.41) is 0. The van der Waals surface area contributed by atoms with Crippen molar-refractivity contribution in [2.24, 2.45) is 5.73 Å². The Hall–Kier alpha value is -1.40. The lowest BCUT2D eigenvalue weighted by atomic mass is 10.3. The van der Waals surface area contributed by atoms with E-state index < -0.39 is 11.2 Å². The van der Waals surface area contributed by atoms with Gasteiger partial charge in [0.1, 0.15) is 0 Å². The zero-order chi connectivity index (χ0) is 10.4. The maximum atomic E-state index is 11.1. The Morgan fingerprint density at radius 3 is 2.86 bits per heavy atom. The molecule has 0 saturated heterocycles. The van der Waals surface area contributed by atoms with E-state index in [0.29, 0.717) is 18.7 Å². The lowest BCUT2D eigenvalue weighted by molar-refractivity contribution is 0.119. The minimum atomic E-state index is -0.513. The number of nitrogens with one attached hydrogen (secondary N) is 2. The van der Waals surface area contributed by atoms with Crippen LogP contribution >= 0.6 is 0 Å². The van der Waals surface area contributed by atoms with Crippen molar-refractivity contribution in [3.63, 3.8) is 0 Å². The van der Waals surface area contributed by atoms with Crippen LogP contribution in [0.15, 0.2) is 15.8 Å². The molecule has 0 aliphatic rings. The highest BCUT2D eigenvalue weighted by Gasteiger charge is 1.99. The maximum Gasteiger partial charge on any atom is 0.325 e. The Kier molecular flexibility index (Phi) is 4.09. The fraction of sp³-hybridized carbons (Fsp3) is 0.500. The Bertz CT molecular complexity index is 382. The third-order valence-corrected chi connectivity index (χ3v) is 1.65. The van der Waals surface area contributed by atoms with Crippen LogP contribution in [0.4, 0.5) is 0 Å². The molecule has 0 atom stereocenters. The second-order valence-electron chi connectivity index (χ2n) is 2.79. The van der Waals surface area contributed by atoms with E-state index in [1.54, 1.807) is 0 Å². The minimum Gasteiger partial charge on any atom is -0.376 e. The van der Waals surface area contributed by atoms with Gasteiger partial charge in [0, 0.05) is 12.8 Å². The SMILES string of the molecule is NCCCOCc1c[nH]c(=O)[nH]c1=O. The fourth-order valence-electron chi connectivity index (χ4n) is 0.912. The molecule has 0 aromatic carbocycles. The molecule has 1 rings (SSSR count). The van der Waals surface area contributed by atoms with Crippen molar-refractivity contribution in [1.29, 1.82) is 0 Å². The molecule has 0 unspecified atom stereocenters. The van der Waals surface area contributed by atoms with Crippen molar-refractivity contribution in [1.82, 2.24) is 9.97 Å². The molecule has 0 aliphatic heterocycles. The van der Waals surface area contributed by atoms with Gasteiger partial charge in [0.2, 0.25) is 0 Å². The number of ether oxygens (including phenoxy) is 1. The van der Waals surface area contributed by atoms with E-state index >= 15 is 0 Å². The molecular weight excluding hydrogens is 186 g/mol. The van der Waals surface area contributed by atoms with Gasteiger partial charge in [-0.1, -0.05) is 0 Å². The van der Waals surface area contributed by atoms with Crippen LogP contribution in [0.5, 0.6) is 0 Å². The van der Waals surface area contributed by atoms with Crippen LogP contribution in [0.25, 0.3) is 0 Å². The number of rotatable bonds is 5. The number of hydrogen-bond donors (Lipinski definition) is 3. The molecule has 0 aliphatic carbocycles. The summed E-state index contributed by atoms with van der Waals surface area (Å²) in [6.45, 7) is 1.25. The molecular formula is C8H13N3O3. The predicted molar refractivity (Wildman–Crippen MR) is 51.0 cm³/mol. The van der Waals surface area contributed by atoms with E-state index in [0.717, 1.165) is 6.42 Å². The third-order valence-electron chi connectivity index (χ3n) is 1.65. The molecule has 6 nitrogen and oxygen atoms in total. The average Bonchev–Trinajstić information content (AvgIpc) is 2.15. The lowest BCUT2D eigenvalue weighted by Gasteiger charge is -2.01. The van der Waals surface area contributed by atoms with Crippen molar-refractivity contribution in [2.75, 3.05) is 13.2 Å². The van der Waals surface area contributed by atoms with Crippen molar-refractivity contribution in [2.45, 2.75) is 13.0 Å². The van der Waals surface area contributed by atoms with Crippen LogP contribution in [0.3, 0.4) is 0 Å². The molecule has 0 spiro atoms. The first-order valence-corrected chi connectivity index (χ1v) is 4.32. The first-order chi connectivity index (χ1) is 6.74. The maximum absolute atomic E-state index is 11.1. The third kappa shape index (κ3) is 3.15. The molecule has 1 aromatic heterocycles. The van der Waals surface area contributed by atoms with E-state index in [1.165, 1.54) is 6.20 Å². The summed E-state index contributed by atoms with van der Waals surface area (Å²) >= 11 is 0. The van der Waals surface area contributed by atoms with E-state index in [9.17, 15) is 9.59 Å². The van der Waals surface area contributed by atoms with E-state index in [-0.39, 0.29) is 6.61 Å². The number of aromatic nitrogens is 2. The fourth-order valence-corrected chi connectivity index (χ4v) is 0.912. The highest BCUT2D eigenvalue weighted by molar-refractivity contribution is 5.00. The van der Waals surface area contributed by atoms with E-state index in [4.69, 9.17) is 10.5 Å². The van der Waals surface area contributed by atoms with Crippen molar-refractivity contribution in [3.8, 4) is 0 Å². The summed E-state index contributed by atoms with van der Waals surface area (Å²) in [6.07, 6.45) is 2.10. The van der Waals surface area contributed by atoms with Gasteiger partial charge in [-0.3, -0.25) is 9.78 Å². The summed E-state index contributed by atoms with van der Waals surface area (Å²) in [4.78, 5) is 26.2. The van der Waals surface area contributed by atoms with Crippen LogP contribution in [0, 0.1) is 0 Å². The zero-order valence-electron chi connectivity index (χ0n) is 7.71. The Labute approximate surface area is 80.1 Å². The number of aromatic amines is 2.